The van der Waals surface area contributed by atoms with E-state index >= 15 is 0 Å². The Kier molecular flexibility index (Phi) is 4.88. The van der Waals surface area contributed by atoms with E-state index in [0.29, 0.717) is 12.8 Å². The molecule has 1 spiro atoms. The average molecular weight is 378 g/mol. The lowest BCUT2D eigenvalue weighted by molar-refractivity contribution is -0.131. The quantitative estimate of drug-likeness (QED) is 0.637. The van der Waals surface area contributed by atoms with Crippen LogP contribution in [-0.4, -0.2) is 49.4 Å². The van der Waals surface area contributed by atoms with Gasteiger partial charge in [0.2, 0.25) is 0 Å². The number of Topliss-reactive ketones (excluding diaryl/α,β-unsaturated/α-hetero) is 1. The molecular weight excluding hydrogens is 356 g/mol. The molecular formula is C18H22N2O5S. The summed E-state index contributed by atoms with van der Waals surface area (Å²) in [6.07, 6.45) is 6.12. The van der Waals surface area contributed by atoms with Gasteiger partial charge in [-0.1, -0.05) is 37.8 Å². The Balaban J connectivity index is 1.75. The molecule has 1 aromatic rings. The first-order chi connectivity index (χ1) is 12.2. The molecule has 0 unspecified atom stereocenters. The van der Waals surface area contributed by atoms with E-state index in [1.165, 1.54) is 24.3 Å². The van der Waals surface area contributed by atoms with E-state index in [1.807, 2.05) is 0 Å². The van der Waals surface area contributed by atoms with Crippen LogP contribution in [0, 0.1) is 0 Å². The van der Waals surface area contributed by atoms with Crippen molar-refractivity contribution in [3.8, 4) is 0 Å². The number of amides is 3. The van der Waals surface area contributed by atoms with Crippen molar-refractivity contribution in [3.05, 3.63) is 29.8 Å². The number of nitrogens with one attached hydrogen (secondary N) is 1. The van der Waals surface area contributed by atoms with Crippen molar-refractivity contribution >= 4 is 27.6 Å². The van der Waals surface area contributed by atoms with Gasteiger partial charge < -0.3 is 5.32 Å². The molecule has 0 radical (unpaired) electrons. The molecule has 8 heteroatoms. The molecule has 1 N–H and O–H groups in total. The van der Waals surface area contributed by atoms with Gasteiger partial charge in [-0.15, -0.1) is 0 Å². The first-order valence-electron chi connectivity index (χ1n) is 8.70. The van der Waals surface area contributed by atoms with Crippen molar-refractivity contribution in [2.45, 2.75) is 49.0 Å². The smallest absolute Gasteiger partial charge is 0.323 e. The third-order valence-corrected chi connectivity index (χ3v) is 6.24. The van der Waals surface area contributed by atoms with Crippen LogP contribution < -0.4 is 5.32 Å². The lowest BCUT2D eigenvalue weighted by Gasteiger charge is -2.24. The van der Waals surface area contributed by atoms with E-state index in [4.69, 9.17) is 0 Å². The van der Waals surface area contributed by atoms with Crippen LogP contribution in [0.1, 0.15) is 48.9 Å². The van der Waals surface area contributed by atoms with Crippen molar-refractivity contribution in [3.63, 3.8) is 0 Å². The van der Waals surface area contributed by atoms with Gasteiger partial charge in [-0.05, 0) is 25.0 Å². The molecule has 1 saturated carbocycles. The number of hydrogen-bond acceptors (Lipinski definition) is 5. The molecule has 0 bridgehead atoms. The molecule has 3 amide bonds. The van der Waals surface area contributed by atoms with E-state index in [0.717, 1.165) is 36.8 Å². The topological polar surface area (TPSA) is 101 Å². The van der Waals surface area contributed by atoms with Gasteiger partial charge in [0.15, 0.2) is 15.6 Å². The Hall–Kier alpha value is -2.22. The Morgan fingerprint density at radius 3 is 2.19 bits per heavy atom. The van der Waals surface area contributed by atoms with Crippen LogP contribution >= 0.6 is 0 Å². The predicted octanol–water partition coefficient (Wildman–Crippen LogP) is 1.92. The van der Waals surface area contributed by atoms with Crippen molar-refractivity contribution in [2.24, 2.45) is 0 Å². The van der Waals surface area contributed by atoms with Crippen molar-refractivity contribution < 1.29 is 22.8 Å². The predicted molar refractivity (Wildman–Crippen MR) is 94.6 cm³/mol. The van der Waals surface area contributed by atoms with Gasteiger partial charge in [0.05, 0.1) is 11.4 Å². The third kappa shape index (κ3) is 3.51. The summed E-state index contributed by atoms with van der Waals surface area (Å²) in [6, 6.07) is 4.97. The number of carbonyl (C=O) groups excluding carboxylic acids is 3. The molecule has 0 aromatic heterocycles. The maximum absolute atomic E-state index is 12.8. The molecule has 1 heterocycles. The molecule has 2 fully saturated rings. The highest BCUT2D eigenvalue weighted by molar-refractivity contribution is 7.90. The maximum Gasteiger partial charge on any atom is 0.325 e. The molecule has 2 aliphatic rings. The number of carbonyl (C=O) groups is 3. The van der Waals surface area contributed by atoms with Crippen LogP contribution in [0.25, 0.3) is 0 Å². The number of urea groups is 1. The molecule has 1 aromatic carbocycles. The lowest BCUT2D eigenvalue weighted by atomic mass is 9.90. The van der Waals surface area contributed by atoms with Crippen LogP contribution in [0.2, 0.25) is 0 Å². The number of ketones is 1. The van der Waals surface area contributed by atoms with Crippen LogP contribution in [0.4, 0.5) is 4.79 Å². The summed E-state index contributed by atoms with van der Waals surface area (Å²) in [5.41, 5.74) is -0.603. The Bertz CT molecular complexity index is 837. The van der Waals surface area contributed by atoms with E-state index in [9.17, 15) is 22.8 Å². The number of rotatable bonds is 4. The molecule has 26 heavy (non-hydrogen) atoms. The minimum absolute atomic E-state index is 0.112. The minimum atomic E-state index is -3.35. The van der Waals surface area contributed by atoms with Gasteiger partial charge in [-0.25, -0.2) is 13.2 Å². The fourth-order valence-corrected chi connectivity index (χ4v) is 4.24. The molecule has 1 aliphatic heterocycles. The van der Waals surface area contributed by atoms with Crippen molar-refractivity contribution in [2.75, 3.05) is 12.8 Å². The van der Waals surface area contributed by atoms with E-state index < -0.39 is 27.2 Å². The first kappa shape index (κ1) is 18.6. The standard InChI is InChI=1S/C18H22N2O5S/c1-26(24,25)14-8-6-13(7-9-14)15(21)12-20-16(22)18(19-17(20)23)10-4-2-3-5-11-18/h6-9H,2-5,10-12H2,1H3,(H,19,23). The average Bonchev–Trinajstić information content (AvgIpc) is 2.75. The second kappa shape index (κ2) is 6.83. The molecule has 7 nitrogen and oxygen atoms in total. The van der Waals surface area contributed by atoms with Gasteiger partial charge in [0.1, 0.15) is 5.54 Å². The summed E-state index contributed by atoms with van der Waals surface area (Å²) < 4.78 is 23.0. The highest BCUT2D eigenvalue weighted by Gasteiger charge is 2.51. The normalized spacial score (nSPS) is 20.1. The molecule has 140 valence electrons. The Morgan fingerprint density at radius 1 is 1.08 bits per heavy atom. The largest absolute Gasteiger partial charge is 0.325 e. The second-order valence-corrected chi connectivity index (χ2v) is 9.05. The zero-order valence-corrected chi connectivity index (χ0v) is 15.5. The Labute approximate surface area is 152 Å². The zero-order chi connectivity index (χ0) is 18.9. The summed E-state index contributed by atoms with van der Waals surface area (Å²) in [7, 11) is -3.35. The third-order valence-electron chi connectivity index (χ3n) is 5.11. The monoisotopic (exact) mass is 378 g/mol. The van der Waals surface area contributed by atoms with Crippen molar-refractivity contribution in [1.29, 1.82) is 0 Å². The molecule has 1 aliphatic carbocycles. The van der Waals surface area contributed by atoms with Gasteiger partial charge in [-0.3, -0.25) is 14.5 Å². The number of nitrogens with zero attached hydrogens (tertiary/aromatic N) is 1. The van der Waals surface area contributed by atoms with Crippen LogP contribution in [-0.2, 0) is 14.6 Å². The minimum Gasteiger partial charge on any atom is -0.323 e. The summed E-state index contributed by atoms with van der Waals surface area (Å²) in [4.78, 5) is 38.7. The first-order valence-corrected chi connectivity index (χ1v) is 10.6. The van der Waals surface area contributed by atoms with Gasteiger partial charge in [-0.2, -0.15) is 0 Å². The summed E-state index contributed by atoms with van der Waals surface area (Å²) in [6.45, 7) is -0.343. The van der Waals surface area contributed by atoms with E-state index in [-0.39, 0.29) is 22.9 Å². The number of benzene rings is 1. The van der Waals surface area contributed by atoms with Crippen LogP contribution in [0.15, 0.2) is 29.2 Å². The van der Waals surface area contributed by atoms with E-state index in [2.05, 4.69) is 5.32 Å². The Morgan fingerprint density at radius 2 is 1.65 bits per heavy atom. The lowest BCUT2D eigenvalue weighted by Crippen LogP contribution is -2.46. The highest BCUT2D eigenvalue weighted by Crippen LogP contribution is 2.32. The highest BCUT2D eigenvalue weighted by atomic mass is 32.2. The summed E-state index contributed by atoms with van der Waals surface area (Å²) in [5.74, 6) is -0.732. The van der Waals surface area contributed by atoms with Crippen LogP contribution in [0.3, 0.4) is 0 Å². The number of sulfone groups is 1. The second-order valence-electron chi connectivity index (χ2n) is 7.04. The molecule has 0 atom stereocenters. The summed E-state index contributed by atoms with van der Waals surface area (Å²) >= 11 is 0. The zero-order valence-electron chi connectivity index (χ0n) is 14.7. The number of hydrogen-bond donors (Lipinski definition) is 1. The number of imide groups is 1. The van der Waals surface area contributed by atoms with Gasteiger partial charge in [0.25, 0.3) is 5.91 Å². The van der Waals surface area contributed by atoms with Gasteiger partial charge >= 0.3 is 6.03 Å². The van der Waals surface area contributed by atoms with Gasteiger partial charge in [0, 0.05) is 11.8 Å². The SMILES string of the molecule is CS(=O)(=O)c1ccc(C(=O)CN2C(=O)NC3(CCCCCC3)C2=O)cc1. The summed E-state index contributed by atoms with van der Waals surface area (Å²) in [5, 5.41) is 2.80. The fraction of sp³-hybridized carbons (Fsp3) is 0.500. The van der Waals surface area contributed by atoms with Crippen molar-refractivity contribution in [1.82, 2.24) is 10.2 Å². The maximum atomic E-state index is 12.8. The molecule has 3 rings (SSSR count). The van der Waals surface area contributed by atoms with Crippen LogP contribution in [0.5, 0.6) is 0 Å². The molecule has 1 saturated heterocycles. The van der Waals surface area contributed by atoms with E-state index in [1.54, 1.807) is 0 Å². The fourth-order valence-electron chi connectivity index (χ4n) is 3.61.